The molecule has 0 bridgehead atoms. The molecule has 0 aliphatic rings. The summed E-state index contributed by atoms with van der Waals surface area (Å²) in [5.41, 5.74) is 4.52. The largest absolute Gasteiger partial charge is 0.495 e. The third kappa shape index (κ3) is 6.83. The lowest BCUT2D eigenvalue weighted by atomic mass is 10.2. The van der Waals surface area contributed by atoms with Gasteiger partial charge in [0.05, 0.1) is 26.1 Å². The minimum atomic E-state index is -0.986. The molecule has 186 valence electrons. The number of aryl methyl sites for hydroxylation is 1. The molecule has 3 N–H and O–H groups in total. The van der Waals surface area contributed by atoms with E-state index in [1.54, 1.807) is 48.5 Å². The Morgan fingerprint density at radius 3 is 2.19 bits per heavy atom. The van der Waals surface area contributed by atoms with Crippen molar-refractivity contribution in [3.63, 3.8) is 0 Å². The molecule has 36 heavy (non-hydrogen) atoms. The van der Waals surface area contributed by atoms with Gasteiger partial charge in [0.25, 0.3) is 5.91 Å². The van der Waals surface area contributed by atoms with Crippen molar-refractivity contribution in [3.05, 3.63) is 77.9 Å². The molecule has 0 unspecified atom stereocenters. The molecule has 0 aliphatic heterocycles. The lowest BCUT2D eigenvalue weighted by Crippen LogP contribution is -2.32. The van der Waals surface area contributed by atoms with Crippen molar-refractivity contribution in [2.45, 2.75) is 6.92 Å². The number of benzene rings is 3. The van der Waals surface area contributed by atoms with E-state index < -0.39 is 11.8 Å². The highest BCUT2D eigenvalue weighted by molar-refractivity contribution is 6.39. The third-order valence-electron chi connectivity index (χ3n) is 4.93. The number of nitrogens with one attached hydrogen (secondary N) is 3. The maximum absolute atomic E-state index is 12.4. The van der Waals surface area contributed by atoms with Gasteiger partial charge in [-0.3, -0.25) is 14.4 Å². The molecule has 0 aromatic heterocycles. The number of anilines is 2. The van der Waals surface area contributed by atoms with Crippen LogP contribution >= 0.6 is 0 Å². The van der Waals surface area contributed by atoms with Crippen LogP contribution in [-0.4, -0.2) is 44.8 Å². The van der Waals surface area contributed by atoms with Gasteiger partial charge in [-0.25, -0.2) is 5.43 Å². The standard InChI is InChI=1S/C26H26N4O6/c1-17-9-4-5-11-19(17)28-23(31)16-36-24-18(10-8-14-22(24)35-3)15-27-30-26(33)25(32)29-20-12-6-7-13-21(20)34-2/h4-15H,16H2,1-3H3,(H,28,31)(H,29,32)(H,30,33)/b27-15-. The lowest BCUT2D eigenvalue weighted by molar-refractivity contribution is -0.136. The molecule has 0 heterocycles. The molecule has 3 aromatic rings. The predicted octanol–water partition coefficient (Wildman–Crippen LogP) is 3.12. The van der Waals surface area contributed by atoms with Crippen molar-refractivity contribution in [3.8, 4) is 17.2 Å². The zero-order valence-electron chi connectivity index (χ0n) is 20.0. The summed E-state index contributed by atoms with van der Waals surface area (Å²) in [6.07, 6.45) is 1.28. The number of nitrogens with zero attached hydrogens (tertiary/aromatic N) is 1. The van der Waals surface area contributed by atoms with E-state index in [-0.39, 0.29) is 18.3 Å². The van der Waals surface area contributed by atoms with Gasteiger partial charge < -0.3 is 24.8 Å². The fourth-order valence-corrected chi connectivity index (χ4v) is 3.13. The highest BCUT2D eigenvalue weighted by atomic mass is 16.5. The number of para-hydroxylation sites is 4. The van der Waals surface area contributed by atoms with Gasteiger partial charge in [-0.2, -0.15) is 5.10 Å². The van der Waals surface area contributed by atoms with Crippen LogP contribution in [0.15, 0.2) is 71.8 Å². The highest BCUT2D eigenvalue weighted by Crippen LogP contribution is 2.30. The van der Waals surface area contributed by atoms with Gasteiger partial charge in [-0.15, -0.1) is 0 Å². The summed E-state index contributed by atoms with van der Waals surface area (Å²) >= 11 is 0. The van der Waals surface area contributed by atoms with Crippen LogP contribution in [-0.2, 0) is 14.4 Å². The number of hydrogen-bond donors (Lipinski definition) is 3. The second-order valence-electron chi connectivity index (χ2n) is 7.38. The van der Waals surface area contributed by atoms with E-state index in [1.807, 2.05) is 25.1 Å². The molecule has 0 atom stereocenters. The second kappa shape index (κ2) is 12.6. The normalized spacial score (nSPS) is 10.4. The van der Waals surface area contributed by atoms with Crippen molar-refractivity contribution in [2.24, 2.45) is 5.10 Å². The number of hydrogen-bond acceptors (Lipinski definition) is 7. The molecule has 0 aliphatic carbocycles. The second-order valence-corrected chi connectivity index (χ2v) is 7.38. The molecule has 3 aromatic carbocycles. The summed E-state index contributed by atoms with van der Waals surface area (Å²) in [6, 6.07) is 19.1. The number of methoxy groups -OCH3 is 2. The average molecular weight is 491 g/mol. The molecule has 0 saturated heterocycles. The summed E-state index contributed by atoms with van der Waals surface area (Å²) in [5, 5.41) is 9.08. The molecule has 3 rings (SSSR count). The van der Waals surface area contributed by atoms with E-state index in [0.29, 0.717) is 28.4 Å². The van der Waals surface area contributed by atoms with Crippen LogP contribution in [0.1, 0.15) is 11.1 Å². The Morgan fingerprint density at radius 1 is 0.806 bits per heavy atom. The summed E-state index contributed by atoms with van der Waals surface area (Å²) in [5.74, 6) is -1.25. The topological polar surface area (TPSA) is 127 Å². The first kappa shape index (κ1) is 25.8. The number of amides is 3. The fourth-order valence-electron chi connectivity index (χ4n) is 3.13. The fraction of sp³-hybridized carbons (Fsp3) is 0.154. The first-order valence-electron chi connectivity index (χ1n) is 10.9. The molecule has 0 saturated carbocycles. The van der Waals surface area contributed by atoms with Gasteiger partial charge in [0.2, 0.25) is 0 Å². The van der Waals surface area contributed by atoms with E-state index >= 15 is 0 Å². The van der Waals surface area contributed by atoms with Crippen LogP contribution < -0.4 is 30.3 Å². The quantitative estimate of drug-likeness (QED) is 0.240. The van der Waals surface area contributed by atoms with Crippen molar-refractivity contribution >= 4 is 35.3 Å². The summed E-state index contributed by atoms with van der Waals surface area (Å²) in [6.45, 7) is 1.60. The predicted molar refractivity (Wildman–Crippen MR) is 136 cm³/mol. The Bertz CT molecular complexity index is 1270. The molecule has 3 amide bonds. The molecule has 10 nitrogen and oxygen atoms in total. The van der Waals surface area contributed by atoms with E-state index in [4.69, 9.17) is 14.2 Å². The molecule has 10 heteroatoms. The van der Waals surface area contributed by atoms with E-state index in [9.17, 15) is 14.4 Å². The van der Waals surface area contributed by atoms with Gasteiger partial charge in [0.15, 0.2) is 18.1 Å². The number of rotatable bonds is 9. The molecule has 0 spiro atoms. The van der Waals surface area contributed by atoms with Crippen LogP contribution in [0.2, 0.25) is 0 Å². The maximum atomic E-state index is 12.4. The molecular weight excluding hydrogens is 464 g/mol. The molecule has 0 fully saturated rings. The zero-order valence-corrected chi connectivity index (χ0v) is 20.0. The maximum Gasteiger partial charge on any atom is 0.329 e. The summed E-state index contributed by atoms with van der Waals surface area (Å²) < 4.78 is 16.2. The minimum Gasteiger partial charge on any atom is -0.495 e. The SMILES string of the molecule is COc1ccccc1NC(=O)C(=O)N/N=C\c1cccc(OC)c1OCC(=O)Nc1ccccc1C. The molecular formula is C26H26N4O6. The van der Waals surface area contributed by atoms with Crippen molar-refractivity contribution in [2.75, 3.05) is 31.5 Å². The number of ether oxygens (including phenoxy) is 3. The monoisotopic (exact) mass is 490 g/mol. The van der Waals surface area contributed by atoms with Gasteiger partial charge >= 0.3 is 11.8 Å². The smallest absolute Gasteiger partial charge is 0.329 e. The Kier molecular flexibility index (Phi) is 8.99. The Hall–Kier alpha value is -4.86. The van der Waals surface area contributed by atoms with Crippen LogP contribution in [0.3, 0.4) is 0 Å². The van der Waals surface area contributed by atoms with Gasteiger partial charge in [0.1, 0.15) is 5.75 Å². The van der Waals surface area contributed by atoms with Crippen molar-refractivity contribution < 1.29 is 28.6 Å². The van der Waals surface area contributed by atoms with Gasteiger partial charge in [0, 0.05) is 11.3 Å². The number of carbonyl (C=O) groups excluding carboxylic acids is 3. The lowest BCUT2D eigenvalue weighted by Gasteiger charge is -2.13. The van der Waals surface area contributed by atoms with Crippen molar-refractivity contribution in [1.29, 1.82) is 0 Å². The minimum absolute atomic E-state index is 0.247. The molecule has 0 radical (unpaired) electrons. The van der Waals surface area contributed by atoms with Crippen molar-refractivity contribution in [1.82, 2.24) is 5.43 Å². The highest BCUT2D eigenvalue weighted by Gasteiger charge is 2.16. The van der Waals surface area contributed by atoms with E-state index in [1.165, 1.54) is 20.4 Å². The van der Waals surface area contributed by atoms with Gasteiger partial charge in [-0.05, 0) is 42.8 Å². The third-order valence-corrected chi connectivity index (χ3v) is 4.93. The first-order valence-corrected chi connectivity index (χ1v) is 10.9. The van der Waals surface area contributed by atoms with Crippen LogP contribution in [0.5, 0.6) is 17.2 Å². The van der Waals surface area contributed by atoms with Crippen LogP contribution in [0.4, 0.5) is 11.4 Å². The van der Waals surface area contributed by atoms with Crippen LogP contribution in [0, 0.1) is 6.92 Å². The number of hydrazone groups is 1. The summed E-state index contributed by atoms with van der Waals surface area (Å²) in [7, 11) is 2.91. The van der Waals surface area contributed by atoms with E-state index in [0.717, 1.165) is 5.56 Å². The Labute approximate surface area is 208 Å². The van der Waals surface area contributed by atoms with Gasteiger partial charge in [-0.1, -0.05) is 36.4 Å². The number of carbonyl (C=O) groups is 3. The average Bonchev–Trinajstić information content (AvgIpc) is 2.89. The summed E-state index contributed by atoms with van der Waals surface area (Å²) in [4.78, 5) is 36.8. The first-order chi connectivity index (χ1) is 17.4. The Balaban J connectivity index is 1.63. The Morgan fingerprint density at radius 2 is 1.47 bits per heavy atom. The zero-order chi connectivity index (χ0) is 25.9. The van der Waals surface area contributed by atoms with E-state index in [2.05, 4.69) is 21.2 Å². The van der Waals surface area contributed by atoms with Crippen LogP contribution in [0.25, 0.3) is 0 Å².